The molecule has 0 unspecified atom stereocenters. The molecular weight excluding hydrogens is 276 g/mol. The first-order valence-electron chi connectivity index (χ1n) is 6.31. The number of hydrogen-bond donors (Lipinski definition) is 0. The summed E-state index contributed by atoms with van der Waals surface area (Å²) in [6, 6.07) is 3.60. The van der Waals surface area contributed by atoms with Crippen LogP contribution in [-0.2, 0) is 9.59 Å². The molecule has 7 heteroatoms. The summed E-state index contributed by atoms with van der Waals surface area (Å²) in [5, 5.41) is 10.7. The Balaban J connectivity index is 2.41. The molecule has 21 heavy (non-hydrogen) atoms. The number of ketones is 2. The third-order valence-corrected chi connectivity index (χ3v) is 3.30. The van der Waals surface area contributed by atoms with Gasteiger partial charge in [0, 0.05) is 17.5 Å². The lowest BCUT2D eigenvalue weighted by Crippen LogP contribution is -2.39. The number of carbonyl (C=O) groups excluding carboxylic acids is 3. The lowest BCUT2D eigenvalue weighted by molar-refractivity contribution is -0.384. The van der Waals surface area contributed by atoms with E-state index >= 15 is 0 Å². The number of nitrogens with zero attached hydrogens (tertiary/aromatic N) is 2. The molecular formula is C14H14N2O5. The zero-order valence-electron chi connectivity index (χ0n) is 11.9. The van der Waals surface area contributed by atoms with Crippen molar-refractivity contribution in [3.05, 3.63) is 33.9 Å². The fourth-order valence-electron chi connectivity index (χ4n) is 1.94. The van der Waals surface area contributed by atoms with Crippen LogP contribution in [0.3, 0.4) is 0 Å². The second kappa shape index (κ2) is 4.76. The number of nitro groups is 1. The molecule has 0 bridgehead atoms. The van der Waals surface area contributed by atoms with Crippen LogP contribution in [0.4, 0.5) is 11.4 Å². The Morgan fingerprint density at radius 2 is 1.90 bits per heavy atom. The molecule has 1 amide bonds. The number of carbonyl (C=O) groups is 3. The first-order chi connectivity index (χ1) is 9.62. The van der Waals surface area contributed by atoms with E-state index in [-0.39, 0.29) is 29.3 Å². The first kappa shape index (κ1) is 14.8. The zero-order valence-corrected chi connectivity index (χ0v) is 11.9. The minimum absolute atomic E-state index is 0.0316. The summed E-state index contributed by atoms with van der Waals surface area (Å²) in [7, 11) is 0. The van der Waals surface area contributed by atoms with Gasteiger partial charge in [-0.15, -0.1) is 0 Å². The van der Waals surface area contributed by atoms with Crippen molar-refractivity contribution in [3.63, 3.8) is 0 Å². The monoisotopic (exact) mass is 290 g/mol. The van der Waals surface area contributed by atoms with Crippen LogP contribution in [0.15, 0.2) is 18.2 Å². The number of rotatable bonds is 3. The Kier molecular flexibility index (Phi) is 3.36. The van der Waals surface area contributed by atoms with Gasteiger partial charge in [-0.3, -0.25) is 29.4 Å². The molecule has 0 aromatic heterocycles. The van der Waals surface area contributed by atoms with Gasteiger partial charge >= 0.3 is 0 Å². The van der Waals surface area contributed by atoms with Crippen LogP contribution in [-0.4, -0.2) is 28.9 Å². The summed E-state index contributed by atoms with van der Waals surface area (Å²) < 4.78 is 0. The molecule has 1 aliphatic heterocycles. The van der Waals surface area contributed by atoms with E-state index in [4.69, 9.17) is 0 Å². The maximum absolute atomic E-state index is 12.0. The van der Waals surface area contributed by atoms with Crippen LogP contribution in [0.1, 0.15) is 31.1 Å². The third-order valence-electron chi connectivity index (χ3n) is 3.30. The largest absolute Gasteiger partial charge is 0.299 e. The van der Waals surface area contributed by atoms with E-state index in [9.17, 15) is 24.5 Å². The number of Topliss-reactive ketones (excluding diaryl/α,β-unsaturated/α-hetero) is 2. The molecule has 110 valence electrons. The summed E-state index contributed by atoms with van der Waals surface area (Å²) >= 11 is 0. The van der Waals surface area contributed by atoms with Crippen molar-refractivity contribution < 1.29 is 19.3 Å². The topological polar surface area (TPSA) is 97.6 Å². The maximum Gasteiger partial charge on any atom is 0.299 e. The van der Waals surface area contributed by atoms with Crippen molar-refractivity contribution >= 4 is 28.8 Å². The van der Waals surface area contributed by atoms with Gasteiger partial charge < -0.3 is 0 Å². The third kappa shape index (κ3) is 2.54. The van der Waals surface area contributed by atoms with E-state index in [2.05, 4.69) is 0 Å². The fraction of sp³-hybridized carbons (Fsp3) is 0.357. The number of nitro benzene ring substituents is 1. The highest BCUT2D eigenvalue weighted by atomic mass is 16.6. The molecule has 2 rings (SSSR count). The van der Waals surface area contributed by atoms with E-state index in [1.807, 2.05) is 0 Å². The van der Waals surface area contributed by atoms with Gasteiger partial charge in [0.25, 0.3) is 17.4 Å². The van der Waals surface area contributed by atoms with Gasteiger partial charge in [0.05, 0.1) is 22.7 Å². The molecule has 7 nitrogen and oxygen atoms in total. The Hall–Kier alpha value is -2.57. The molecule has 0 saturated carbocycles. The number of anilines is 1. The number of fused-ring (bicyclic) bond motifs is 1. The van der Waals surface area contributed by atoms with E-state index in [0.717, 1.165) is 11.0 Å². The van der Waals surface area contributed by atoms with Gasteiger partial charge in [-0.1, -0.05) is 20.8 Å². The molecule has 0 aliphatic carbocycles. The standard InChI is InChI=1S/C14H14N2O5/c1-14(2,3)11(17)7-15-10-5-4-8(16(20)21)6-9(10)12(18)13(15)19/h4-6H,7H2,1-3H3. The highest BCUT2D eigenvalue weighted by molar-refractivity contribution is 6.52. The van der Waals surface area contributed by atoms with Crippen molar-refractivity contribution in [3.8, 4) is 0 Å². The highest BCUT2D eigenvalue weighted by Gasteiger charge is 2.39. The van der Waals surface area contributed by atoms with Gasteiger partial charge in [0.2, 0.25) is 0 Å². The SMILES string of the molecule is CC(C)(C)C(=O)CN1C(=O)C(=O)c2cc([N+](=O)[O-])ccc21. The smallest absolute Gasteiger partial charge is 0.297 e. The lowest BCUT2D eigenvalue weighted by Gasteiger charge is -2.22. The maximum atomic E-state index is 12.0. The summed E-state index contributed by atoms with van der Waals surface area (Å²) in [5.74, 6) is -1.85. The number of non-ortho nitro benzene ring substituents is 1. The van der Waals surface area contributed by atoms with Crippen molar-refractivity contribution in [1.29, 1.82) is 0 Å². The molecule has 0 fully saturated rings. The molecule has 1 aromatic rings. The number of amides is 1. The minimum atomic E-state index is -0.830. The Morgan fingerprint density at radius 3 is 2.43 bits per heavy atom. The van der Waals surface area contributed by atoms with E-state index in [1.165, 1.54) is 12.1 Å². The van der Waals surface area contributed by atoms with E-state index < -0.39 is 22.0 Å². The Bertz CT molecular complexity index is 672. The molecule has 0 N–H and O–H groups in total. The van der Waals surface area contributed by atoms with Crippen molar-refractivity contribution in [2.24, 2.45) is 5.41 Å². The Labute approximate surface area is 120 Å². The average molecular weight is 290 g/mol. The highest BCUT2D eigenvalue weighted by Crippen LogP contribution is 2.32. The molecule has 0 saturated heterocycles. The van der Waals surface area contributed by atoms with E-state index in [1.54, 1.807) is 20.8 Å². The second-order valence-electron chi connectivity index (χ2n) is 5.85. The molecule has 0 radical (unpaired) electrons. The van der Waals surface area contributed by atoms with E-state index in [0.29, 0.717) is 0 Å². The number of hydrogen-bond acceptors (Lipinski definition) is 5. The average Bonchev–Trinajstić information content (AvgIpc) is 2.62. The fourth-order valence-corrected chi connectivity index (χ4v) is 1.94. The van der Waals surface area contributed by atoms with Crippen LogP contribution in [0.2, 0.25) is 0 Å². The van der Waals surface area contributed by atoms with Crippen LogP contribution in [0.5, 0.6) is 0 Å². The first-order valence-corrected chi connectivity index (χ1v) is 6.31. The van der Waals surface area contributed by atoms with Gasteiger partial charge in [-0.25, -0.2) is 0 Å². The number of benzene rings is 1. The molecule has 1 aliphatic rings. The predicted octanol–water partition coefficient (Wildman–Crippen LogP) is 1.74. The molecule has 1 heterocycles. The van der Waals surface area contributed by atoms with Crippen molar-refractivity contribution in [1.82, 2.24) is 0 Å². The lowest BCUT2D eigenvalue weighted by atomic mass is 9.90. The molecule has 1 aromatic carbocycles. The zero-order chi connectivity index (χ0) is 15.9. The van der Waals surface area contributed by atoms with Gasteiger partial charge in [0.15, 0.2) is 5.78 Å². The quantitative estimate of drug-likeness (QED) is 0.479. The van der Waals surface area contributed by atoms with Crippen LogP contribution in [0, 0.1) is 15.5 Å². The van der Waals surface area contributed by atoms with Gasteiger partial charge in [-0.05, 0) is 6.07 Å². The van der Waals surface area contributed by atoms with Crippen LogP contribution < -0.4 is 4.90 Å². The second-order valence-corrected chi connectivity index (χ2v) is 5.85. The minimum Gasteiger partial charge on any atom is -0.297 e. The van der Waals surface area contributed by atoms with Gasteiger partial charge in [0.1, 0.15) is 0 Å². The molecule has 0 spiro atoms. The summed E-state index contributed by atoms with van der Waals surface area (Å²) in [6.45, 7) is 4.93. The van der Waals surface area contributed by atoms with Crippen molar-refractivity contribution in [2.45, 2.75) is 20.8 Å². The van der Waals surface area contributed by atoms with Crippen molar-refractivity contribution in [2.75, 3.05) is 11.4 Å². The van der Waals surface area contributed by atoms with Crippen LogP contribution >= 0.6 is 0 Å². The van der Waals surface area contributed by atoms with Gasteiger partial charge in [-0.2, -0.15) is 0 Å². The summed E-state index contributed by atoms with van der Waals surface area (Å²) in [5.41, 5.74) is -0.699. The predicted molar refractivity (Wildman–Crippen MR) is 74.2 cm³/mol. The summed E-state index contributed by atoms with van der Waals surface area (Å²) in [4.78, 5) is 47.1. The normalized spacial score (nSPS) is 14.3. The Morgan fingerprint density at radius 1 is 1.29 bits per heavy atom. The summed E-state index contributed by atoms with van der Waals surface area (Å²) in [6.07, 6.45) is 0. The molecule has 0 atom stereocenters. The van der Waals surface area contributed by atoms with Crippen LogP contribution in [0.25, 0.3) is 0 Å².